The van der Waals surface area contributed by atoms with Gasteiger partial charge in [-0.1, -0.05) is 38.3 Å². The molecule has 1 aliphatic heterocycles. The zero-order valence-electron chi connectivity index (χ0n) is 13.1. The largest absolute Gasteiger partial charge is 0.495 e. The second-order valence-electron chi connectivity index (χ2n) is 5.81. The number of hydrogen-bond acceptors (Lipinski definition) is 2. The van der Waals surface area contributed by atoms with Crippen LogP contribution >= 0.6 is 11.6 Å². The Balaban J connectivity index is 2.28. The highest BCUT2D eigenvalue weighted by molar-refractivity contribution is 6.32. The summed E-state index contributed by atoms with van der Waals surface area (Å²) in [7, 11) is 1.59. The van der Waals surface area contributed by atoms with Crippen molar-refractivity contribution in [3.05, 3.63) is 23.2 Å². The van der Waals surface area contributed by atoms with E-state index in [-0.39, 0.29) is 11.3 Å². The molecule has 1 aliphatic rings. The summed E-state index contributed by atoms with van der Waals surface area (Å²) in [6.07, 6.45) is 4.98. The normalized spacial score (nSPS) is 17.3. The maximum absolute atomic E-state index is 12.9. The van der Waals surface area contributed by atoms with Crippen LogP contribution in [0.3, 0.4) is 0 Å². The first kappa shape index (κ1) is 16.2. The number of carbonyl (C=O) groups is 1. The topological polar surface area (TPSA) is 29.5 Å². The Morgan fingerprint density at radius 3 is 2.52 bits per heavy atom. The van der Waals surface area contributed by atoms with Gasteiger partial charge in [0.15, 0.2) is 0 Å². The summed E-state index contributed by atoms with van der Waals surface area (Å²) in [5.41, 5.74) is 0.714. The van der Waals surface area contributed by atoms with Crippen LogP contribution in [0.25, 0.3) is 0 Å². The minimum Gasteiger partial charge on any atom is -0.495 e. The highest BCUT2D eigenvalue weighted by Gasteiger charge is 2.45. The van der Waals surface area contributed by atoms with Crippen molar-refractivity contribution in [2.75, 3.05) is 18.6 Å². The number of rotatable bonds is 6. The molecular formula is C17H24ClNO2. The molecule has 3 nitrogen and oxygen atoms in total. The molecule has 116 valence electrons. The number of amides is 1. The van der Waals surface area contributed by atoms with Gasteiger partial charge in [0.2, 0.25) is 5.91 Å². The summed E-state index contributed by atoms with van der Waals surface area (Å²) in [6, 6.07) is 5.55. The monoisotopic (exact) mass is 309 g/mol. The maximum atomic E-state index is 12.9. The first-order valence-electron chi connectivity index (χ1n) is 7.73. The quantitative estimate of drug-likeness (QED) is 0.764. The van der Waals surface area contributed by atoms with Crippen molar-refractivity contribution in [1.82, 2.24) is 0 Å². The zero-order chi connectivity index (χ0) is 15.5. The average Bonchev–Trinajstić information content (AvgIpc) is 2.78. The van der Waals surface area contributed by atoms with Crippen molar-refractivity contribution in [1.29, 1.82) is 0 Å². The Bertz CT molecular complexity index is 510. The standard InChI is InChI=1S/C17H24ClNO2/c1-4-8-17(9-5-2)10-11-19(16(17)20)13-6-7-14(18)15(12-13)21-3/h6-7,12H,4-5,8-11H2,1-3H3. The lowest BCUT2D eigenvalue weighted by Gasteiger charge is -2.27. The number of methoxy groups -OCH3 is 1. The molecule has 0 unspecified atom stereocenters. The van der Waals surface area contributed by atoms with Gasteiger partial charge < -0.3 is 9.64 Å². The fourth-order valence-electron chi connectivity index (χ4n) is 3.43. The molecule has 1 aromatic rings. The van der Waals surface area contributed by atoms with Gasteiger partial charge in [-0.2, -0.15) is 0 Å². The second kappa shape index (κ2) is 6.69. The molecule has 1 fully saturated rings. The van der Waals surface area contributed by atoms with E-state index in [2.05, 4.69) is 13.8 Å². The number of anilines is 1. The van der Waals surface area contributed by atoms with Crippen LogP contribution in [0.15, 0.2) is 18.2 Å². The fourth-order valence-corrected chi connectivity index (χ4v) is 3.62. The maximum Gasteiger partial charge on any atom is 0.233 e. The Morgan fingerprint density at radius 1 is 1.29 bits per heavy atom. The molecular weight excluding hydrogens is 286 g/mol. The molecule has 0 saturated carbocycles. The predicted molar refractivity (Wildman–Crippen MR) is 87.2 cm³/mol. The molecule has 0 bridgehead atoms. The van der Waals surface area contributed by atoms with E-state index < -0.39 is 0 Å². The third-order valence-electron chi connectivity index (χ3n) is 4.42. The molecule has 4 heteroatoms. The molecule has 1 heterocycles. The molecule has 0 N–H and O–H groups in total. The Labute approximate surface area is 132 Å². The van der Waals surface area contributed by atoms with Gasteiger partial charge >= 0.3 is 0 Å². The van der Waals surface area contributed by atoms with Gasteiger partial charge in [-0.3, -0.25) is 4.79 Å². The van der Waals surface area contributed by atoms with Crippen LogP contribution < -0.4 is 9.64 Å². The van der Waals surface area contributed by atoms with E-state index in [0.717, 1.165) is 44.3 Å². The molecule has 0 radical (unpaired) electrons. The summed E-state index contributed by atoms with van der Waals surface area (Å²) in [5, 5.41) is 0.571. The van der Waals surface area contributed by atoms with Gasteiger partial charge in [-0.05, 0) is 31.4 Å². The van der Waals surface area contributed by atoms with Crippen LogP contribution in [-0.4, -0.2) is 19.6 Å². The van der Waals surface area contributed by atoms with E-state index in [1.165, 1.54) is 0 Å². The summed E-state index contributed by atoms with van der Waals surface area (Å²) < 4.78 is 5.26. The van der Waals surface area contributed by atoms with E-state index >= 15 is 0 Å². The molecule has 21 heavy (non-hydrogen) atoms. The SMILES string of the molecule is CCCC1(CCC)CCN(c2ccc(Cl)c(OC)c2)C1=O. The highest BCUT2D eigenvalue weighted by Crippen LogP contribution is 2.43. The average molecular weight is 310 g/mol. The molecule has 1 aromatic carbocycles. The predicted octanol–water partition coefficient (Wildman–Crippen LogP) is 4.67. The molecule has 1 amide bonds. The van der Waals surface area contributed by atoms with E-state index in [0.29, 0.717) is 10.8 Å². The van der Waals surface area contributed by atoms with Crippen molar-refractivity contribution in [3.63, 3.8) is 0 Å². The van der Waals surface area contributed by atoms with Gasteiger partial charge in [-0.25, -0.2) is 0 Å². The van der Waals surface area contributed by atoms with Gasteiger partial charge in [0.25, 0.3) is 0 Å². The zero-order valence-corrected chi connectivity index (χ0v) is 13.9. The molecule has 2 rings (SSSR count). The van der Waals surface area contributed by atoms with E-state index in [1.54, 1.807) is 13.2 Å². The first-order valence-corrected chi connectivity index (χ1v) is 8.11. The van der Waals surface area contributed by atoms with E-state index in [1.807, 2.05) is 17.0 Å². The van der Waals surface area contributed by atoms with Crippen LogP contribution in [0.4, 0.5) is 5.69 Å². The minimum absolute atomic E-state index is 0.170. The van der Waals surface area contributed by atoms with Crippen LogP contribution in [0.1, 0.15) is 46.0 Å². The molecule has 0 aromatic heterocycles. The molecule has 0 spiro atoms. The number of benzene rings is 1. The number of hydrogen-bond donors (Lipinski definition) is 0. The Morgan fingerprint density at radius 2 is 1.95 bits per heavy atom. The highest BCUT2D eigenvalue weighted by atomic mass is 35.5. The number of halogens is 1. The lowest BCUT2D eigenvalue weighted by molar-refractivity contribution is -0.126. The van der Waals surface area contributed by atoms with Crippen LogP contribution in [0.5, 0.6) is 5.75 Å². The fraction of sp³-hybridized carbons (Fsp3) is 0.588. The van der Waals surface area contributed by atoms with E-state index in [4.69, 9.17) is 16.3 Å². The number of carbonyl (C=O) groups excluding carboxylic acids is 1. The van der Waals surface area contributed by atoms with Crippen LogP contribution in [-0.2, 0) is 4.79 Å². The van der Waals surface area contributed by atoms with Gasteiger partial charge in [0.1, 0.15) is 5.75 Å². The third-order valence-corrected chi connectivity index (χ3v) is 4.73. The lowest BCUT2D eigenvalue weighted by atomic mass is 9.78. The summed E-state index contributed by atoms with van der Waals surface area (Å²) in [5.74, 6) is 0.876. The summed E-state index contributed by atoms with van der Waals surface area (Å²) in [4.78, 5) is 14.8. The van der Waals surface area contributed by atoms with Crippen molar-refractivity contribution >= 4 is 23.2 Å². The molecule has 0 aliphatic carbocycles. The third kappa shape index (κ3) is 3.03. The van der Waals surface area contributed by atoms with E-state index in [9.17, 15) is 4.79 Å². The Kier molecular flexibility index (Phi) is 5.15. The number of ether oxygens (including phenoxy) is 1. The minimum atomic E-state index is -0.170. The molecule has 0 atom stereocenters. The first-order chi connectivity index (χ1) is 10.1. The number of nitrogens with zero attached hydrogens (tertiary/aromatic N) is 1. The van der Waals surface area contributed by atoms with Gasteiger partial charge in [0.05, 0.1) is 17.5 Å². The van der Waals surface area contributed by atoms with Crippen molar-refractivity contribution in [3.8, 4) is 5.75 Å². The smallest absolute Gasteiger partial charge is 0.233 e. The van der Waals surface area contributed by atoms with Gasteiger partial charge in [0, 0.05) is 18.3 Å². The second-order valence-corrected chi connectivity index (χ2v) is 6.21. The van der Waals surface area contributed by atoms with Crippen LogP contribution in [0, 0.1) is 5.41 Å². The lowest BCUT2D eigenvalue weighted by Crippen LogP contribution is -2.34. The Hall–Kier alpha value is -1.22. The summed E-state index contributed by atoms with van der Waals surface area (Å²) in [6.45, 7) is 5.08. The molecule has 1 saturated heterocycles. The van der Waals surface area contributed by atoms with Crippen molar-refractivity contribution < 1.29 is 9.53 Å². The summed E-state index contributed by atoms with van der Waals surface area (Å²) >= 11 is 6.07. The van der Waals surface area contributed by atoms with Crippen LogP contribution in [0.2, 0.25) is 5.02 Å². The van der Waals surface area contributed by atoms with Gasteiger partial charge in [-0.15, -0.1) is 0 Å². The van der Waals surface area contributed by atoms with Crippen molar-refractivity contribution in [2.45, 2.75) is 46.0 Å². The van der Waals surface area contributed by atoms with Crippen molar-refractivity contribution in [2.24, 2.45) is 5.41 Å².